The molecule has 1 amide bonds. The van der Waals surface area contributed by atoms with Gasteiger partial charge in [0.15, 0.2) is 0 Å². The molecule has 1 fully saturated rings. The van der Waals surface area contributed by atoms with Crippen LogP contribution in [0.25, 0.3) is 0 Å². The molecule has 0 atom stereocenters. The molecule has 5 nitrogen and oxygen atoms in total. The number of hydrogen-bond donors (Lipinski definition) is 2. The third-order valence-electron chi connectivity index (χ3n) is 4.04. The number of hydrogen-bond acceptors (Lipinski definition) is 4. The van der Waals surface area contributed by atoms with Crippen LogP contribution in [0.4, 0.5) is 5.69 Å². The second-order valence-corrected chi connectivity index (χ2v) is 5.90. The van der Waals surface area contributed by atoms with E-state index >= 15 is 0 Å². The highest BCUT2D eigenvalue weighted by Crippen LogP contribution is 2.21. The zero-order valence-corrected chi connectivity index (χ0v) is 13.4. The van der Waals surface area contributed by atoms with Crippen LogP contribution < -0.4 is 10.6 Å². The number of methoxy groups -OCH3 is 1. The number of nitrogens with zero attached hydrogens (tertiary/aromatic N) is 1. The van der Waals surface area contributed by atoms with E-state index in [2.05, 4.69) is 15.6 Å². The number of carbonyl (C=O) groups excluding carboxylic acids is 1. The summed E-state index contributed by atoms with van der Waals surface area (Å²) in [6, 6.07) is 2.40. The van der Waals surface area contributed by atoms with Gasteiger partial charge in [-0.2, -0.15) is 0 Å². The number of aromatic nitrogens is 1. The van der Waals surface area contributed by atoms with Crippen LogP contribution in [0.3, 0.4) is 0 Å². The third-order valence-corrected chi connectivity index (χ3v) is 4.04. The third kappa shape index (κ3) is 5.64. The Bertz CT molecular complexity index is 457. The second kappa shape index (κ2) is 9.41. The van der Waals surface area contributed by atoms with Crippen molar-refractivity contribution in [2.45, 2.75) is 51.0 Å². The molecule has 2 rings (SSSR count). The van der Waals surface area contributed by atoms with E-state index in [0.29, 0.717) is 24.8 Å². The Kier molecular flexibility index (Phi) is 7.16. The molecule has 0 radical (unpaired) electrons. The summed E-state index contributed by atoms with van der Waals surface area (Å²) in [4.78, 5) is 16.3. The fourth-order valence-electron chi connectivity index (χ4n) is 2.82. The summed E-state index contributed by atoms with van der Waals surface area (Å²) >= 11 is 0. The molecule has 0 unspecified atom stereocenters. The summed E-state index contributed by atoms with van der Waals surface area (Å²) in [7, 11) is 1.66. The monoisotopic (exact) mass is 305 g/mol. The van der Waals surface area contributed by atoms with Gasteiger partial charge >= 0.3 is 0 Å². The molecule has 0 spiro atoms. The SMILES string of the molecule is COCCCNC(=O)c1cncc(NC2CCCCCC2)c1. The maximum atomic E-state index is 12.1. The van der Waals surface area contributed by atoms with Gasteiger partial charge < -0.3 is 15.4 Å². The molecule has 122 valence electrons. The van der Waals surface area contributed by atoms with Gasteiger partial charge in [0.05, 0.1) is 11.3 Å². The molecule has 5 heteroatoms. The molecule has 0 aliphatic heterocycles. The second-order valence-electron chi connectivity index (χ2n) is 5.90. The van der Waals surface area contributed by atoms with Gasteiger partial charge in [-0.3, -0.25) is 9.78 Å². The first-order valence-electron chi connectivity index (χ1n) is 8.28. The summed E-state index contributed by atoms with van der Waals surface area (Å²) in [6.07, 6.45) is 11.9. The highest BCUT2D eigenvalue weighted by atomic mass is 16.5. The summed E-state index contributed by atoms with van der Waals surface area (Å²) in [6.45, 7) is 1.27. The predicted octanol–water partition coefficient (Wildman–Crippen LogP) is 2.98. The van der Waals surface area contributed by atoms with E-state index in [1.807, 2.05) is 6.07 Å². The van der Waals surface area contributed by atoms with Gasteiger partial charge in [0.1, 0.15) is 0 Å². The van der Waals surface area contributed by atoms with Crippen molar-refractivity contribution < 1.29 is 9.53 Å². The van der Waals surface area contributed by atoms with Crippen LogP contribution in [0.1, 0.15) is 55.3 Å². The van der Waals surface area contributed by atoms with Gasteiger partial charge in [-0.05, 0) is 25.3 Å². The molecule has 1 aliphatic rings. The van der Waals surface area contributed by atoms with Gasteiger partial charge in [0.25, 0.3) is 5.91 Å². The molecular formula is C17H27N3O2. The van der Waals surface area contributed by atoms with Gasteiger partial charge in [-0.25, -0.2) is 0 Å². The predicted molar refractivity (Wildman–Crippen MR) is 88.2 cm³/mol. The van der Waals surface area contributed by atoms with E-state index in [1.54, 1.807) is 19.5 Å². The number of ether oxygens (including phenoxy) is 1. The number of carbonyl (C=O) groups is 1. The number of rotatable bonds is 7. The molecule has 2 N–H and O–H groups in total. The minimum Gasteiger partial charge on any atom is -0.385 e. The Morgan fingerprint density at radius 1 is 1.27 bits per heavy atom. The highest BCUT2D eigenvalue weighted by molar-refractivity contribution is 5.94. The summed E-state index contributed by atoms with van der Waals surface area (Å²) in [5.41, 5.74) is 1.55. The maximum absolute atomic E-state index is 12.1. The van der Waals surface area contributed by atoms with Crippen LogP contribution in [-0.4, -0.2) is 37.2 Å². The van der Waals surface area contributed by atoms with E-state index in [-0.39, 0.29) is 5.91 Å². The fourth-order valence-corrected chi connectivity index (χ4v) is 2.82. The number of amides is 1. The topological polar surface area (TPSA) is 63.2 Å². The van der Waals surface area contributed by atoms with E-state index in [1.165, 1.54) is 38.5 Å². The first-order valence-corrected chi connectivity index (χ1v) is 8.28. The van der Waals surface area contributed by atoms with E-state index in [9.17, 15) is 4.79 Å². The van der Waals surface area contributed by atoms with Crippen molar-refractivity contribution in [2.24, 2.45) is 0 Å². The Hall–Kier alpha value is -1.62. The molecule has 0 saturated heterocycles. The van der Waals surface area contributed by atoms with Crippen LogP contribution in [0.5, 0.6) is 0 Å². The normalized spacial score (nSPS) is 16.0. The van der Waals surface area contributed by atoms with Crippen molar-refractivity contribution in [3.8, 4) is 0 Å². The smallest absolute Gasteiger partial charge is 0.252 e. The van der Waals surface area contributed by atoms with Crippen molar-refractivity contribution in [1.29, 1.82) is 0 Å². The van der Waals surface area contributed by atoms with Crippen molar-refractivity contribution in [3.63, 3.8) is 0 Å². The summed E-state index contributed by atoms with van der Waals surface area (Å²) in [5, 5.41) is 6.42. The lowest BCUT2D eigenvalue weighted by molar-refractivity contribution is 0.0948. The number of anilines is 1. The highest BCUT2D eigenvalue weighted by Gasteiger charge is 2.13. The van der Waals surface area contributed by atoms with E-state index in [4.69, 9.17) is 4.74 Å². The van der Waals surface area contributed by atoms with Crippen molar-refractivity contribution in [1.82, 2.24) is 10.3 Å². The average Bonchev–Trinajstić information content (AvgIpc) is 2.80. The van der Waals surface area contributed by atoms with Crippen LogP contribution >= 0.6 is 0 Å². The Labute approximate surface area is 132 Å². The number of pyridine rings is 1. The molecule has 0 bridgehead atoms. The molecule has 1 aliphatic carbocycles. The van der Waals surface area contributed by atoms with Gasteiger partial charge in [0, 0.05) is 38.7 Å². The molecule has 1 aromatic heterocycles. The minimum absolute atomic E-state index is 0.0758. The zero-order valence-electron chi connectivity index (χ0n) is 13.4. The fraction of sp³-hybridized carbons (Fsp3) is 0.647. The molecular weight excluding hydrogens is 278 g/mol. The Morgan fingerprint density at radius 2 is 2.05 bits per heavy atom. The van der Waals surface area contributed by atoms with Crippen molar-refractivity contribution in [3.05, 3.63) is 24.0 Å². The molecule has 22 heavy (non-hydrogen) atoms. The van der Waals surface area contributed by atoms with Crippen LogP contribution in [0.2, 0.25) is 0 Å². The van der Waals surface area contributed by atoms with Crippen LogP contribution in [0.15, 0.2) is 18.5 Å². The molecule has 0 aromatic carbocycles. The number of nitrogens with one attached hydrogen (secondary N) is 2. The lowest BCUT2D eigenvalue weighted by Crippen LogP contribution is -2.25. The van der Waals surface area contributed by atoms with Crippen LogP contribution in [0, 0.1) is 0 Å². The standard InChI is InChI=1S/C17H27N3O2/c1-22-10-6-9-19-17(21)14-11-16(13-18-12-14)20-15-7-4-2-3-5-8-15/h11-13,15,20H,2-10H2,1H3,(H,19,21). The first-order chi connectivity index (χ1) is 10.8. The maximum Gasteiger partial charge on any atom is 0.252 e. The first kappa shape index (κ1) is 16.7. The Balaban J connectivity index is 1.87. The quantitative estimate of drug-likeness (QED) is 0.600. The largest absolute Gasteiger partial charge is 0.385 e. The van der Waals surface area contributed by atoms with E-state index in [0.717, 1.165) is 12.1 Å². The van der Waals surface area contributed by atoms with Crippen molar-refractivity contribution in [2.75, 3.05) is 25.6 Å². The summed E-state index contributed by atoms with van der Waals surface area (Å²) in [5.74, 6) is -0.0758. The van der Waals surface area contributed by atoms with Crippen molar-refractivity contribution >= 4 is 11.6 Å². The molecule has 1 aromatic rings. The van der Waals surface area contributed by atoms with Crippen LogP contribution in [-0.2, 0) is 4.74 Å². The lowest BCUT2D eigenvalue weighted by Gasteiger charge is -2.17. The van der Waals surface area contributed by atoms with Gasteiger partial charge in [0.2, 0.25) is 0 Å². The van der Waals surface area contributed by atoms with E-state index < -0.39 is 0 Å². The zero-order chi connectivity index (χ0) is 15.6. The average molecular weight is 305 g/mol. The molecule has 1 saturated carbocycles. The summed E-state index contributed by atoms with van der Waals surface area (Å²) < 4.78 is 4.97. The van der Waals surface area contributed by atoms with Gasteiger partial charge in [-0.15, -0.1) is 0 Å². The minimum atomic E-state index is -0.0758. The Morgan fingerprint density at radius 3 is 2.77 bits per heavy atom. The lowest BCUT2D eigenvalue weighted by atomic mass is 10.1. The van der Waals surface area contributed by atoms with Gasteiger partial charge in [-0.1, -0.05) is 25.7 Å². The molecule has 1 heterocycles.